The maximum absolute atomic E-state index is 11.5. The summed E-state index contributed by atoms with van der Waals surface area (Å²) in [5.74, 6) is 5.02. The highest BCUT2D eigenvalue weighted by molar-refractivity contribution is 9.08. The number of benzene rings is 2. The van der Waals surface area contributed by atoms with Crippen LogP contribution in [0.4, 0.5) is 0 Å². The Morgan fingerprint density at radius 3 is 2.23 bits per heavy atom. The van der Waals surface area contributed by atoms with Crippen LogP contribution in [0.1, 0.15) is 42.9 Å². The Morgan fingerprint density at radius 2 is 1.73 bits per heavy atom. The molecule has 2 atom stereocenters. The minimum Gasteiger partial charge on any atom is -0.489 e. The summed E-state index contributed by atoms with van der Waals surface area (Å²) in [6.45, 7) is 4.11. The second-order valence-electron chi connectivity index (χ2n) is 6.03. The Bertz CT molecular complexity index is 770. The van der Waals surface area contributed by atoms with Crippen molar-refractivity contribution in [3.8, 4) is 17.6 Å². The number of aliphatic carboxylic acids is 1. The fourth-order valence-electron chi connectivity index (χ4n) is 2.79. The molecule has 0 saturated carbocycles. The largest absolute Gasteiger partial charge is 0.489 e. The third-order valence-corrected chi connectivity index (χ3v) is 4.93. The highest BCUT2D eigenvalue weighted by atomic mass is 79.9. The Morgan fingerprint density at radius 1 is 1.12 bits per heavy atom. The molecule has 2 rings (SSSR count). The van der Waals surface area contributed by atoms with Crippen molar-refractivity contribution in [3.05, 3.63) is 65.2 Å². The first kappa shape index (κ1) is 20.1. The van der Waals surface area contributed by atoms with Gasteiger partial charge in [0.15, 0.2) is 0 Å². The molecule has 0 heterocycles. The van der Waals surface area contributed by atoms with E-state index in [0.29, 0.717) is 13.0 Å². The quantitative estimate of drug-likeness (QED) is 0.465. The first-order valence-corrected chi connectivity index (χ1v) is 9.72. The third-order valence-electron chi connectivity index (χ3n) is 4.28. The van der Waals surface area contributed by atoms with Crippen molar-refractivity contribution < 1.29 is 14.6 Å². The zero-order valence-electron chi connectivity index (χ0n) is 15.0. The Labute approximate surface area is 163 Å². The lowest BCUT2D eigenvalue weighted by Crippen LogP contribution is -2.20. The van der Waals surface area contributed by atoms with Crippen LogP contribution in [0.2, 0.25) is 0 Å². The SMILES string of the molecule is CC#C[C@H](c1ccc(OCc2ccc(CBr)cc2)cc1)C(CC)C(=O)O. The summed E-state index contributed by atoms with van der Waals surface area (Å²) in [5, 5.41) is 10.3. The van der Waals surface area contributed by atoms with Crippen LogP contribution in [-0.2, 0) is 16.7 Å². The fraction of sp³-hybridized carbons (Fsp3) is 0.318. The Hall–Kier alpha value is -2.25. The van der Waals surface area contributed by atoms with Crippen LogP contribution in [0, 0.1) is 17.8 Å². The first-order chi connectivity index (χ1) is 12.6. The summed E-state index contributed by atoms with van der Waals surface area (Å²) in [7, 11) is 0. The van der Waals surface area contributed by atoms with Gasteiger partial charge in [0.2, 0.25) is 0 Å². The number of halogens is 1. The molecular weight excluding hydrogens is 392 g/mol. The van der Waals surface area contributed by atoms with Gasteiger partial charge in [-0.25, -0.2) is 0 Å². The van der Waals surface area contributed by atoms with E-state index in [1.165, 1.54) is 5.56 Å². The van der Waals surface area contributed by atoms with E-state index in [1.807, 2.05) is 31.2 Å². The number of alkyl halides is 1. The normalized spacial score (nSPS) is 12.6. The van der Waals surface area contributed by atoms with E-state index in [4.69, 9.17) is 4.74 Å². The lowest BCUT2D eigenvalue weighted by atomic mass is 9.84. The van der Waals surface area contributed by atoms with E-state index >= 15 is 0 Å². The van der Waals surface area contributed by atoms with Gasteiger partial charge in [-0.3, -0.25) is 4.79 Å². The molecule has 0 aliphatic carbocycles. The number of rotatable bonds is 8. The van der Waals surface area contributed by atoms with Crippen LogP contribution in [0.25, 0.3) is 0 Å². The summed E-state index contributed by atoms with van der Waals surface area (Å²) in [5.41, 5.74) is 3.23. The van der Waals surface area contributed by atoms with E-state index in [1.54, 1.807) is 6.92 Å². The molecule has 0 spiro atoms. The molecule has 4 heteroatoms. The van der Waals surface area contributed by atoms with Crippen molar-refractivity contribution in [2.24, 2.45) is 5.92 Å². The lowest BCUT2D eigenvalue weighted by molar-refractivity contribution is -0.142. The number of carboxylic acid groups (broad SMARTS) is 1. The number of ether oxygens (including phenoxy) is 1. The van der Waals surface area contributed by atoms with E-state index < -0.39 is 11.9 Å². The molecular formula is C22H23BrO3. The molecule has 0 saturated heterocycles. The van der Waals surface area contributed by atoms with Crippen LogP contribution in [-0.4, -0.2) is 11.1 Å². The molecule has 0 bridgehead atoms. The molecule has 0 aromatic heterocycles. The van der Waals surface area contributed by atoms with Gasteiger partial charge >= 0.3 is 5.97 Å². The van der Waals surface area contributed by atoms with Gasteiger partial charge in [-0.2, -0.15) is 0 Å². The second kappa shape index (κ2) is 10.0. The summed E-state index contributed by atoms with van der Waals surface area (Å²) in [6, 6.07) is 15.8. The molecule has 0 fully saturated rings. The highest BCUT2D eigenvalue weighted by Gasteiger charge is 2.26. The second-order valence-corrected chi connectivity index (χ2v) is 6.59. The standard InChI is InChI=1S/C22H23BrO3/c1-3-5-21(20(4-2)22(24)25)18-10-12-19(13-11-18)26-15-17-8-6-16(14-23)7-9-17/h6-13,20-21H,4,14-15H2,1-2H3,(H,24,25)/t20?,21-/m1/s1. The number of carboxylic acids is 1. The highest BCUT2D eigenvalue weighted by Crippen LogP contribution is 2.28. The maximum Gasteiger partial charge on any atom is 0.308 e. The summed E-state index contributed by atoms with van der Waals surface area (Å²) in [4.78, 5) is 11.5. The Balaban J connectivity index is 2.07. The van der Waals surface area contributed by atoms with Crippen molar-refractivity contribution in [3.63, 3.8) is 0 Å². The summed E-state index contributed by atoms with van der Waals surface area (Å²) in [6.07, 6.45) is 0.539. The average Bonchev–Trinajstić information content (AvgIpc) is 2.67. The van der Waals surface area contributed by atoms with Crippen LogP contribution >= 0.6 is 15.9 Å². The molecule has 2 aromatic rings. The summed E-state index contributed by atoms with van der Waals surface area (Å²) < 4.78 is 5.83. The van der Waals surface area contributed by atoms with Gasteiger partial charge in [-0.1, -0.05) is 65.2 Å². The smallest absolute Gasteiger partial charge is 0.308 e. The van der Waals surface area contributed by atoms with Crippen molar-refractivity contribution in [1.82, 2.24) is 0 Å². The van der Waals surface area contributed by atoms with E-state index in [9.17, 15) is 9.90 Å². The van der Waals surface area contributed by atoms with Gasteiger partial charge in [0.25, 0.3) is 0 Å². The predicted molar refractivity (Wildman–Crippen MR) is 107 cm³/mol. The third kappa shape index (κ3) is 5.37. The molecule has 0 radical (unpaired) electrons. The number of hydrogen-bond acceptors (Lipinski definition) is 2. The molecule has 2 aromatic carbocycles. The van der Waals surface area contributed by atoms with Crippen LogP contribution in [0.15, 0.2) is 48.5 Å². The van der Waals surface area contributed by atoms with Gasteiger partial charge in [0.1, 0.15) is 12.4 Å². The first-order valence-electron chi connectivity index (χ1n) is 8.60. The number of hydrogen-bond donors (Lipinski definition) is 1. The molecule has 0 aliphatic heterocycles. The van der Waals surface area contributed by atoms with Gasteiger partial charge in [0.05, 0.1) is 11.8 Å². The zero-order chi connectivity index (χ0) is 18.9. The fourth-order valence-corrected chi connectivity index (χ4v) is 3.16. The monoisotopic (exact) mass is 414 g/mol. The predicted octanol–water partition coefficient (Wildman–Crippen LogP) is 5.38. The number of carbonyl (C=O) groups is 1. The van der Waals surface area contributed by atoms with Crippen LogP contribution in [0.5, 0.6) is 5.75 Å². The lowest BCUT2D eigenvalue weighted by Gasteiger charge is -2.18. The topological polar surface area (TPSA) is 46.5 Å². The van der Waals surface area contributed by atoms with E-state index in [2.05, 4.69) is 52.0 Å². The van der Waals surface area contributed by atoms with Crippen molar-refractivity contribution in [2.75, 3.05) is 0 Å². The van der Waals surface area contributed by atoms with Crippen LogP contribution < -0.4 is 4.74 Å². The molecule has 0 aliphatic rings. The zero-order valence-corrected chi connectivity index (χ0v) is 16.6. The van der Waals surface area contributed by atoms with Crippen molar-refractivity contribution in [1.29, 1.82) is 0 Å². The van der Waals surface area contributed by atoms with E-state index in [-0.39, 0.29) is 5.92 Å². The molecule has 1 N–H and O–H groups in total. The van der Waals surface area contributed by atoms with Gasteiger partial charge in [-0.15, -0.1) is 5.92 Å². The molecule has 0 amide bonds. The minimum absolute atomic E-state index is 0.312. The van der Waals surface area contributed by atoms with Gasteiger partial charge in [0, 0.05) is 5.33 Å². The molecule has 3 nitrogen and oxygen atoms in total. The molecule has 1 unspecified atom stereocenters. The van der Waals surface area contributed by atoms with Gasteiger partial charge in [-0.05, 0) is 42.2 Å². The van der Waals surface area contributed by atoms with Crippen molar-refractivity contribution >= 4 is 21.9 Å². The minimum atomic E-state index is -0.812. The molecule has 26 heavy (non-hydrogen) atoms. The summed E-state index contributed by atoms with van der Waals surface area (Å²) >= 11 is 3.43. The van der Waals surface area contributed by atoms with E-state index in [0.717, 1.165) is 22.2 Å². The average molecular weight is 415 g/mol. The Kier molecular flexibility index (Phi) is 7.74. The van der Waals surface area contributed by atoms with Crippen molar-refractivity contribution in [2.45, 2.75) is 38.1 Å². The van der Waals surface area contributed by atoms with Crippen LogP contribution in [0.3, 0.4) is 0 Å². The van der Waals surface area contributed by atoms with Gasteiger partial charge < -0.3 is 9.84 Å². The maximum atomic E-state index is 11.5. The molecule has 136 valence electrons.